The first-order chi connectivity index (χ1) is 5.60. The minimum atomic E-state index is -1.35. The normalized spacial score (nSPS) is 18.8. The Morgan fingerprint density at radius 2 is 1.33 bits per heavy atom. The van der Waals surface area contributed by atoms with Crippen molar-refractivity contribution in [2.75, 3.05) is 0 Å². The Morgan fingerprint density at radius 1 is 1.00 bits per heavy atom. The summed E-state index contributed by atoms with van der Waals surface area (Å²) in [7, 11) is -1.35. The molecule has 0 saturated heterocycles. The molecule has 0 radical (unpaired) electrons. The maximum Gasteiger partial charge on any atom is 0.318 e. The van der Waals surface area contributed by atoms with Gasteiger partial charge in [-0.3, -0.25) is 0 Å². The number of hydrogen-bond acceptors (Lipinski definition) is 2. The highest BCUT2D eigenvalue weighted by Gasteiger charge is 2.12. The fraction of sp³-hybridized carbons (Fsp3) is 1.00. The van der Waals surface area contributed by atoms with E-state index in [1.165, 1.54) is 0 Å². The molecular weight excluding hydrogens is 168 g/mol. The SMILES string of the molecule is CCC(C)O[SiH](C)OC(C)CC. The topological polar surface area (TPSA) is 18.5 Å². The molecule has 0 rings (SSSR count). The van der Waals surface area contributed by atoms with Crippen LogP contribution in [0.1, 0.15) is 40.5 Å². The lowest BCUT2D eigenvalue weighted by Crippen LogP contribution is -2.27. The van der Waals surface area contributed by atoms with Crippen molar-refractivity contribution >= 4 is 9.28 Å². The third-order valence-electron chi connectivity index (χ3n) is 2.00. The van der Waals surface area contributed by atoms with Crippen LogP contribution in [0.3, 0.4) is 0 Å². The van der Waals surface area contributed by atoms with E-state index in [1.54, 1.807) is 0 Å². The summed E-state index contributed by atoms with van der Waals surface area (Å²) in [5, 5.41) is 0. The monoisotopic (exact) mass is 190 g/mol. The van der Waals surface area contributed by atoms with Crippen LogP contribution < -0.4 is 0 Å². The molecule has 12 heavy (non-hydrogen) atoms. The van der Waals surface area contributed by atoms with E-state index < -0.39 is 9.28 Å². The first-order valence-corrected chi connectivity index (χ1v) is 7.00. The van der Waals surface area contributed by atoms with Gasteiger partial charge in [-0.25, -0.2) is 0 Å². The van der Waals surface area contributed by atoms with Crippen molar-refractivity contribution in [3.63, 3.8) is 0 Å². The zero-order valence-electron chi connectivity index (χ0n) is 8.96. The molecular formula is C9H22O2Si. The Balaban J connectivity index is 3.51. The van der Waals surface area contributed by atoms with E-state index in [1.807, 2.05) is 0 Å². The molecule has 0 aliphatic heterocycles. The molecule has 0 aromatic heterocycles. The minimum absolute atomic E-state index is 0.357. The molecule has 0 fully saturated rings. The van der Waals surface area contributed by atoms with Gasteiger partial charge in [-0.1, -0.05) is 13.8 Å². The minimum Gasteiger partial charge on any atom is -0.394 e. The van der Waals surface area contributed by atoms with Crippen LogP contribution in [-0.2, 0) is 8.85 Å². The standard InChI is InChI=1S/C9H22O2Si/c1-6-8(3)10-12(5)11-9(4)7-2/h8-9,12H,6-7H2,1-5H3. The third kappa shape index (κ3) is 5.74. The van der Waals surface area contributed by atoms with E-state index in [0.717, 1.165) is 12.8 Å². The van der Waals surface area contributed by atoms with E-state index in [2.05, 4.69) is 34.2 Å². The van der Waals surface area contributed by atoms with Crippen LogP contribution in [0, 0.1) is 0 Å². The van der Waals surface area contributed by atoms with E-state index in [4.69, 9.17) is 8.85 Å². The van der Waals surface area contributed by atoms with Crippen molar-refractivity contribution in [1.82, 2.24) is 0 Å². The Bertz CT molecular complexity index is 96.7. The zero-order chi connectivity index (χ0) is 9.56. The second kappa shape index (κ2) is 6.63. The summed E-state index contributed by atoms with van der Waals surface area (Å²) in [6, 6.07) is 0. The van der Waals surface area contributed by atoms with Gasteiger partial charge in [0.2, 0.25) is 0 Å². The maximum absolute atomic E-state index is 5.69. The molecule has 0 spiro atoms. The molecule has 0 aliphatic carbocycles. The average Bonchev–Trinajstić information content (AvgIpc) is 2.03. The molecule has 0 N–H and O–H groups in total. The summed E-state index contributed by atoms with van der Waals surface area (Å²) >= 11 is 0. The van der Waals surface area contributed by atoms with Gasteiger partial charge >= 0.3 is 9.28 Å². The van der Waals surface area contributed by atoms with Gasteiger partial charge in [-0.05, 0) is 33.2 Å². The van der Waals surface area contributed by atoms with Gasteiger partial charge < -0.3 is 8.85 Å². The Kier molecular flexibility index (Phi) is 6.71. The number of hydrogen-bond donors (Lipinski definition) is 0. The van der Waals surface area contributed by atoms with Crippen molar-refractivity contribution in [3.8, 4) is 0 Å². The molecule has 0 aliphatic rings. The largest absolute Gasteiger partial charge is 0.394 e. The summed E-state index contributed by atoms with van der Waals surface area (Å²) in [5.74, 6) is 0. The summed E-state index contributed by atoms with van der Waals surface area (Å²) in [6.07, 6.45) is 2.86. The fourth-order valence-electron chi connectivity index (χ4n) is 0.879. The van der Waals surface area contributed by atoms with Gasteiger partial charge in [0.25, 0.3) is 0 Å². The molecule has 0 aromatic rings. The summed E-state index contributed by atoms with van der Waals surface area (Å²) in [6.45, 7) is 10.6. The van der Waals surface area contributed by atoms with Crippen molar-refractivity contribution in [2.24, 2.45) is 0 Å². The molecule has 2 atom stereocenters. The zero-order valence-corrected chi connectivity index (χ0v) is 10.1. The lowest BCUT2D eigenvalue weighted by Gasteiger charge is -2.20. The van der Waals surface area contributed by atoms with Crippen molar-refractivity contribution < 1.29 is 8.85 Å². The number of rotatable bonds is 6. The van der Waals surface area contributed by atoms with Gasteiger partial charge in [0.1, 0.15) is 0 Å². The predicted molar refractivity (Wildman–Crippen MR) is 54.7 cm³/mol. The van der Waals surface area contributed by atoms with Crippen LogP contribution in [0.2, 0.25) is 6.55 Å². The van der Waals surface area contributed by atoms with Crippen molar-refractivity contribution in [2.45, 2.75) is 59.3 Å². The van der Waals surface area contributed by atoms with Crippen LogP contribution in [0.5, 0.6) is 0 Å². The van der Waals surface area contributed by atoms with Gasteiger partial charge in [-0.15, -0.1) is 0 Å². The molecule has 2 unspecified atom stereocenters. The maximum atomic E-state index is 5.69. The third-order valence-corrected chi connectivity index (χ3v) is 3.69. The van der Waals surface area contributed by atoms with Crippen LogP contribution in [0.15, 0.2) is 0 Å². The van der Waals surface area contributed by atoms with E-state index in [0.29, 0.717) is 12.2 Å². The highest BCUT2D eigenvalue weighted by atomic mass is 28.3. The van der Waals surface area contributed by atoms with Crippen LogP contribution >= 0.6 is 0 Å². The van der Waals surface area contributed by atoms with E-state index >= 15 is 0 Å². The average molecular weight is 190 g/mol. The van der Waals surface area contributed by atoms with E-state index in [9.17, 15) is 0 Å². The second-order valence-electron chi connectivity index (χ2n) is 3.28. The summed E-state index contributed by atoms with van der Waals surface area (Å²) in [5.41, 5.74) is 0. The Morgan fingerprint density at radius 3 is 1.58 bits per heavy atom. The molecule has 3 heteroatoms. The fourth-order valence-corrected chi connectivity index (χ4v) is 2.64. The lowest BCUT2D eigenvalue weighted by molar-refractivity contribution is 0.115. The summed E-state index contributed by atoms with van der Waals surface area (Å²) < 4.78 is 11.4. The first-order valence-electron chi connectivity index (χ1n) is 4.91. The van der Waals surface area contributed by atoms with Gasteiger partial charge in [0.05, 0.1) is 0 Å². The van der Waals surface area contributed by atoms with Crippen molar-refractivity contribution in [1.29, 1.82) is 0 Å². The quantitative estimate of drug-likeness (QED) is 0.599. The summed E-state index contributed by atoms with van der Waals surface area (Å²) in [4.78, 5) is 0. The van der Waals surface area contributed by atoms with Crippen LogP contribution in [0.25, 0.3) is 0 Å². The van der Waals surface area contributed by atoms with Gasteiger partial charge in [-0.2, -0.15) is 0 Å². The smallest absolute Gasteiger partial charge is 0.318 e. The molecule has 74 valence electrons. The predicted octanol–water partition coefficient (Wildman–Crippen LogP) is 2.47. The molecule has 0 aromatic carbocycles. The molecule has 0 amide bonds. The lowest BCUT2D eigenvalue weighted by atomic mass is 10.3. The molecule has 0 bridgehead atoms. The van der Waals surface area contributed by atoms with Crippen LogP contribution in [0.4, 0.5) is 0 Å². The van der Waals surface area contributed by atoms with Crippen LogP contribution in [-0.4, -0.2) is 21.5 Å². The molecule has 0 heterocycles. The molecule has 0 saturated carbocycles. The highest BCUT2D eigenvalue weighted by Crippen LogP contribution is 2.04. The van der Waals surface area contributed by atoms with Gasteiger partial charge in [0.15, 0.2) is 0 Å². The Hall–Kier alpha value is 0.137. The first kappa shape index (κ1) is 12.1. The Labute approximate surface area is 78.1 Å². The second-order valence-corrected chi connectivity index (χ2v) is 4.96. The van der Waals surface area contributed by atoms with Crippen molar-refractivity contribution in [3.05, 3.63) is 0 Å². The van der Waals surface area contributed by atoms with Gasteiger partial charge in [0, 0.05) is 12.2 Å². The highest BCUT2D eigenvalue weighted by molar-refractivity contribution is 6.42. The molecule has 2 nitrogen and oxygen atoms in total. The van der Waals surface area contributed by atoms with E-state index in [-0.39, 0.29) is 0 Å².